The number of benzene rings is 3. The maximum Gasteiger partial charge on any atom is 0.407 e. The van der Waals surface area contributed by atoms with Crippen molar-refractivity contribution in [3.8, 4) is 39.4 Å². The second-order valence-electron chi connectivity index (χ2n) is 17.7. The number of methoxy groups -OCH3 is 1. The van der Waals surface area contributed by atoms with Crippen molar-refractivity contribution in [2.24, 2.45) is 5.92 Å². The van der Waals surface area contributed by atoms with E-state index in [-0.39, 0.29) is 29.8 Å². The normalized spacial score (nSPS) is 19.7. The van der Waals surface area contributed by atoms with Gasteiger partial charge in [0, 0.05) is 37.4 Å². The molecule has 2 aromatic heterocycles. The van der Waals surface area contributed by atoms with E-state index >= 15 is 0 Å². The van der Waals surface area contributed by atoms with Crippen LogP contribution in [-0.4, -0.2) is 112 Å². The van der Waals surface area contributed by atoms with Gasteiger partial charge in [-0.3, -0.25) is 14.5 Å². The van der Waals surface area contributed by atoms with Gasteiger partial charge in [0.25, 0.3) is 0 Å². The van der Waals surface area contributed by atoms with Gasteiger partial charge in [0.05, 0.1) is 42.5 Å². The summed E-state index contributed by atoms with van der Waals surface area (Å²) in [5.41, 5.74) is 7.38. The summed E-state index contributed by atoms with van der Waals surface area (Å²) in [6.07, 6.45) is 13.7. The fourth-order valence-electron chi connectivity index (χ4n) is 10.0. The van der Waals surface area contributed by atoms with Crippen LogP contribution in [0.4, 0.5) is 4.79 Å². The first-order valence-electron chi connectivity index (χ1n) is 22.7. The molecule has 14 nitrogen and oxygen atoms in total. The predicted molar refractivity (Wildman–Crippen MR) is 250 cm³/mol. The molecule has 14 heteroatoms. The Kier molecular flexibility index (Phi) is 12.7. The van der Waals surface area contributed by atoms with E-state index < -0.39 is 18.2 Å². The number of nitrogens with one attached hydrogen (secondary N) is 3. The van der Waals surface area contributed by atoms with Crippen LogP contribution in [0.15, 0.2) is 97.3 Å². The topological polar surface area (TPSA) is 158 Å². The van der Waals surface area contributed by atoms with E-state index in [1.165, 1.54) is 7.11 Å². The predicted octanol–water partition coefficient (Wildman–Crippen LogP) is 8.28. The van der Waals surface area contributed by atoms with E-state index in [1.54, 1.807) is 0 Å². The molecule has 4 atom stereocenters. The SMILES string of the molecule is C=C(/C=C\C=C/C)[C@H](C(=O)N1CCC[C@H]1c1ncc(-c2ccc3cc(-c4ccc5c(c4)OCc4[nH]c([C@@H]6CCCN6C(=O)[C@@H](NC(=O)OC)C6CCOCC6)nc4-5)ccc3c2)[nH]1)N(C)C. The van der Waals surface area contributed by atoms with Crippen LogP contribution in [0.1, 0.15) is 74.9 Å². The van der Waals surface area contributed by atoms with Gasteiger partial charge in [0.1, 0.15) is 36.1 Å². The molecule has 5 aromatic rings. The molecule has 0 spiro atoms. The van der Waals surface area contributed by atoms with Crippen LogP contribution in [0, 0.1) is 5.92 Å². The highest BCUT2D eigenvalue weighted by atomic mass is 16.5. The lowest BCUT2D eigenvalue weighted by molar-refractivity contribution is -0.137. The maximum atomic E-state index is 14.1. The Balaban J connectivity index is 0.898. The van der Waals surface area contributed by atoms with Gasteiger partial charge in [-0.15, -0.1) is 0 Å². The number of rotatable bonds is 12. The first-order valence-corrected chi connectivity index (χ1v) is 22.7. The summed E-state index contributed by atoms with van der Waals surface area (Å²) in [7, 11) is 5.15. The molecule has 3 fully saturated rings. The van der Waals surface area contributed by atoms with Crippen molar-refractivity contribution in [3.63, 3.8) is 0 Å². The Morgan fingerprint density at radius 1 is 0.877 bits per heavy atom. The molecular weight excluding hydrogens is 821 g/mol. The zero-order valence-corrected chi connectivity index (χ0v) is 37.6. The van der Waals surface area contributed by atoms with Crippen LogP contribution in [0.25, 0.3) is 44.4 Å². The van der Waals surface area contributed by atoms with E-state index in [9.17, 15) is 14.4 Å². The van der Waals surface area contributed by atoms with E-state index in [0.29, 0.717) is 45.8 Å². The van der Waals surface area contributed by atoms with Gasteiger partial charge >= 0.3 is 6.09 Å². The van der Waals surface area contributed by atoms with Crippen molar-refractivity contribution < 1.29 is 28.6 Å². The summed E-state index contributed by atoms with van der Waals surface area (Å²) in [5.74, 6) is 2.16. The summed E-state index contributed by atoms with van der Waals surface area (Å²) in [6.45, 7) is 8.89. The summed E-state index contributed by atoms with van der Waals surface area (Å²) < 4.78 is 16.8. The molecule has 9 rings (SSSR count). The number of nitrogens with zero attached hydrogens (tertiary/aromatic N) is 5. The smallest absolute Gasteiger partial charge is 0.407 e. The van der Waals surface area contributed by atoms with Crippen LogP contribution in [0.2, 0.25) is 0 Å². The molecule has 6 heterocycles. The molecule has 65 heavy (non-hydrogen) atoms. The van der Waals surface area contributed by atoms with Crippen molar-refractivity contribution in [2.45, 2.75) is 76.2 Å². The zero-order chi connectivity index (χ0) is 45.2. The number of carbonyl (C=O) groups excluding carboxylic acids is 3. The number of aromatic nitrogens is 4. The number of alkyl carbamates (subject to hydrolysis) is 1. The minimum absolute atomic E-state index is 0.0333. The standard InChI is InChI=1S/C51H58N8O6/c1-6-7-8-11-31(2)46(57(3)4)50(61)59-23-9-12-41(59)47-52-29-39(53-47)37-17-16-33-26-34(14-15-35(33)27-37)36-18-19-38-43(28-36)65-30-40-45(38)55-48(54-40)42-13-10-22-58(42)49(60)44(56-51(62)63-5)32-20-24-64-25-21-32/h6-8,11,14-19,26-29,32,41-42,44,46H,2,9-10,12-13,20-25,30H2,1,3-5H3,(H,52,53)(H,54,55)(H,56,62)/b7-6-,11-8-/t41-,42-,44-,46+/m0/s1. The average Bonchev–Trinajstić information content (AvgIpc) is 4.17. The molecule has 0 aliphatic carbocycles. The van der Waals surface area contributed by atoms with E-state index in [1.807, 2.05) is 66.2 Å². The minimum Gasteiger partial charge on any atom is -0.487 e. The second-order valence-corrected chi connectivity index (χ2v) is 17.7. The second kappa shape index (κ2) is 18.9. The molecule has 0 unspecified atom stereocenters. The fraction of sp³-hybridized carbons (Fsp3) is 0.392. The number of imidazole rings is 2. The van der Waals surface area contributed by atoms with Crippen molar-refractivity contribution in [3.05, 3.63) is 115 Å². The molecule has 0 radical (unpaired) electrons. The Labute approximate surface area is 379 Å². The Hall–Kier alpha value is -6.51. The zero-order valence-electron chi connectivity index (χ0n) is 37.6. The van der Waals surface area contributed by atoms with Gasteiger partial charge in [0.15, 0.2) is 0 Å². The number of ether oxygens (including phenoxy) is 3. The molecule has 3 aromatic carbocycles. The molecule has 4 aliphatic heterocycles. The Morgan fingerprint density at radius 2 is 1.55 bits per heavy atom. The Bertz CT molecular complexity index is 2660. The van der Waals surface area contributed by atoms with Gasteiger partial charge in [-0.25, -0.2) is 14.8 Å². The fourth-order valence-corrected chi connectivity index (χ4v) is 10.0. The molecular formula is C51H58N8O6. The monoisotopic (exact) mass is 878 g/mol. The van der Waals surface area contributed by atoms with Crippen LogP contribution >= 0.6 is 0 Å². The number of likely N-dealkylation sites (N-methyl/N-ethyl adjacent to an activating group) is 1. The lowest BCUT2D eigenvalue weighted by Gasteiger charge is -2.34. The van der Waals surface area contributed by atoms with Gasteiger partial charge in [-0.2, -0.15) is 0 Å². The van der Waals surface area contributed by atoms with E-state index in [4.69, 9.17) is 24.2 Å². The van der Waals surface area contributed by atoms with Crippen LogP contribution in [0.3, 0.4) is 0 Å². The number of fused-ring (bicyclic) bond motifs is 4. The van der Waals surface area contributed by atoms with Gasteiger partial charge in [-0.05, 0) is 117 Å². The number of carbonyl (C=O) groups is 3. The highest BCUT2D eigenvalue weighted by molar-refractivity contribution is 5.91. The molecule has 338 valence electrons. The highest BCUT2D eigenvalue weighted by Crippen LogP contribution is 2.42. The van der Waals surface area contributed by atoms with Gasteiger partial charge < -0.3 is 39.3 Å². The molecule has 0 bridgehead atoms. The first-order chi connectivity index (χ1) is 31.6. The quantitative estimate of drug-likeness (QED) is 0.105. The lowest BCUT2D eigenvalue weighted by Crippen LogP contribution is -2.53. The average molecular weight is 879 g/mol. The largest absolute Gasteiger partial charge is 0.487 e. The third-order valence-corrected chi connectivity index (χ3v) is 13.4. The van der Waals surface area contributed by atoms with Crippen LogP contribution in [-0.2, 0) is 25.7 Å². The third kappa shape index (κ3) is 8.84. The third-order valence-electron chi connectivity index (χ3n) is 13.4. The summed E-state index contributed by atoms with van der Waals surface area (Å²) in [4.78, 5) is 63.2. The summed E-state index contributed by atoms with van der Waals surface area (Å²) in [5, 5.41) is 5.03. The van der Waals surface area contributed by atoms with Crippen molar-refractivity contribution in [1.29, 1.82) is 0 Å². The van der Waals surface area contributed by atoms with Crippen LogP contribution < -0.4 is 10.1 Å². The first kappa shape index (κ1) is 43.7. The van der Waals surface area contributed by atoms with E-state index in [2.05, 4.69) is 76.5 Å². The number of hydrogen-bond acceptors (Lipinski definition) is 9. The number of aromatic amines is 2. The number of allylic oxidation sites excluding steroid dienone is 3. The molecule has 3 amide bonds. The minimum atomic E-state index is -0.696. The molecule has 3 N–H and O–H groups in total. The number of hydrogen-bond donors (Lipinski definition) is 3. The Morgan fingerprint density at radius 3 is 2.28 bits per heavy atom. The number of H-pyrrole nitrogens is 2. The molecule has 4 aliphatic rings. The van der Waals surface area contributed by atoms with Gasteiger partial charge in [-0.1, -0.05) is 61.2 Å². The summed E-state index contributed by atoms with van der Waals surface area (Å²) >= 11 is 0. The number of amides is 3. The van der Waals surface area contributed by atoms with Crippen LogP contribution in [0.5, 0.6) is 5.75 Å². The van der Waals surface area contributed by atoms with Gasteiger partial charge in [0.2, 0.25) is 11.8 Å². The number of likely N-dealkylation sites (tertiary alicyclic amines) is 2. The highest BCUT2D eigenvalue weighted by Gasteiger charge is 2.41. The van der Waals surface area contributed by atoms with Crippen molar-refractivity contribution in [1.82, 2.24) is 40.0 Å². The summed E-state index contributed by atoms with van der Waals surface area (Å²) in [6, 6.07) is 17.6. The van der Waals surface area contributed by atoms with Crippen molar-refractivity contribution >= 4 is 28.7 Å². The maximum absolute atomic E-state index is 14.1. The lowest BCUT2D eigenvalue weighted by atomic mass is 9.90. The molecule has 3 saturated heterocycles. The van der Waals surface area contributed by atoms with E-state index in [0.717, 1.165) is 98.8 Å². The molecule has 0 saturated carbocycles. The van der Waals surface area contributed by atoms with Crippen molar-refractivity contribution in [2.75, 3.05) is 47.5 Å².